The Morgan fingerprint density at radius 1 is 1.15 bits per heavy atom. The Balaban J connectivity index is 1.53. The molecule has 0 fully saturated rings. The van der Waals surface area contributed by atoms with Gasteiger partial charge in [0.05, 0.1) is 11.7 Å². The van der Waals surface area contributed by atoms with E-state index >= 15 is 0 Å². The lowest BCUT2D eigenvalue weighted by molar-refractivity contribution is -0.274. The van der Waals surface area contributed by atoms with Gasteiger partial charge in [0.1, 0.15) is 12.3 Å². The summed E-state index contributed by atoms with van der Waals surface area (Å²) < 4.78 is 41.1. The number of ether oxygens (including phenoxy) is 1. The van der Waals surface area contributed by atoms with Gasteiger partial charge < -0.3 is 15.4 Å². The smallest absolute Gasteiger partial charge is 0.406 e. The molecule has 1 aromatic heterocycles. The minimum Gasteiger partial charge on any atom is -0.406 e. The van der Waals surface area contributed by atoms with Gasteiger partial charge in [-0.25, -0.2) is 9.78 Å². The number of fused-ring (bicyclic) bond motifs is 1. The molecule has 0 bridgehead atoms. The van der Waals surface area contributed by atoms with E-state index in [2.05, 4.69) is 20.4 Å². The number of carbonyl (C=O) groups is 2. The highest BCUT2D eigenvalue weighted by atomic mass is 19.4. The van der Waals surface area contributed by atoms with Crippen LogP contribution in [-0.4, -0.2) is 29.8 Å². The zero-order valence-corrected chi connectivity index (χ0v) is 18.1. The van der Waals surface area contributed by atoms with E-state index in [1.54, 1.807) is 12.3 Å². The molecule has 4 rings (SSSR count). The second kappa shape index (κ2) is 9.42. The molecular formula is C24H21F3N4O3. The van der Waals surface area contributed by atoms with Gasteiger partial charge in [0.25, 0.3) is 0 Å². The number of hydrogen-bond donors (Lipinski definition) is 2. The van der Waals surface area contributed by atoms with Crippen molar-refractivity contribution in [2.45, 2.75) is 25.7 Å². The van der Waals surface area contributed by atoms with Gasteiger partial charge in [-0.05, 0) is 35.7 Å². The molecule has 0 saturated heterocycles. The molecule has 1 aliphatic heterocycles. The van der Waals surface area contributed by atoms with E-state index < -0.39 is 18.4 Å². The molecular weight excluding hydrogens is 449 g/mol. The lowest BCUT2D eigenvalue weighted by Gasteiger charge is -2.30. The van der Waals surface area contributed by atoms with Gasteiger partial charge >= 0.3 is 12.4 Å². The van der Waals surface area contributed by atoms with E-state index in [0.29, 0.717) is 23.5 Å². The van der Waals surface area contributed by atoms with Crippen LogP contribution in [0.4, 0.5) is 29.5 Å². The van der Waals surface area contributed by atoms with Crippen LogP contribution in [0.2, 0.25) is 0 Å². The van der Waals surface area contributed by atoms with Crippen molar-refractivity contribution < 1.29 is 27.5 Å². The van der Waals surface area contributed by atoms with Crippen LogP contribution >= 0.6 is 0 Å². The highest BCUT2D eigenvalue weighted by Gasteiger charge is 2.32. The summed E-state index contributed by atoms with van der Waals surface area (Å²) in [6, 6.07) is 15.5. The third-order valence-corrected chi connectivity index (χ3v) is 5.27. The lowest BCUT2D eigenvalue weighted by atomic mass is 10.0. The number of benzene rings is 2. The maximum absolute atomic E-state index is 13.1. The molecule has 176 valence electrons. The average Bonchev–Trinajstić information content (AvgIpc) is 2.81. The van der Waals surface area contributed by atoms with Gasteiger partial charge in [-0.2, -0.15) is 0 Å². The van der Waals surface area contributed by atoms with Gasteiger partial charge in [0.15, 0.2) is 5.82 Å². The Morgan fingerprint density at radius 3 is 2.50 bits per heavy atom. The van der Waals surface area contributed by atoms with E-state index in [9.17, 15) is 22.8 Å². The number of pyridine rings is 1. The molecule has 1 unspecified atom stereocenters. The molecule has 0 aliphatic carbocycles. The molecule has 1 aliphatic rings. The first-order valence-electron chi connectivity index (χ1n) is 10.5. The van der Waals surface area contributed by atoms with E-state index in [4.69, 9.17) is 0 Å². The van der Waals surface area contributed by atoms with Crippen molar-refractivity contribution in [1.82, 2.24) is 10.3 Å². The van der Waals surface area contributed by atoms with Crippen molar-refractivity contribution in [2.24, 2.45) is 0 Å². The number of alkyl halides is 3. The lowest BCUT2D eigenvalue weighted by Crippen LogP contribution is -2.48. The number of urea groups is 1. The van der Waals surface area contributed by atoms with E-state index in [0.717, 1.165) is 11.1 Å². The minimum atomic E-state index is -4.78. The van der Waals surface area contributed by atoms with Crippen molar-refractivity contribution >= 4 is 23.4 Å². The molecule has 1 atom stereocenters. The van der Waals surface area contributed by atoms with Crippen LogP contribution in [0.3, 0.4) is 0 Å². The zero-order chi connectivity index (χ0) is 24.3. The Labute approximate surface area is 193 Å². The number of anilines is 2. The van der Waals surface area contributed by atoms with Crippen LogP contribution in [0, 0.1) is 0 Å². The van der Waals surface area contributed by atoms with Crippen molar-refractivity contribution in [1.29, 1.82) is 0 Å². The molecule has 2 aromatic carbocycles. The molecule has 3 aromatic rings. The van der Waals surface area contributed by atoms with Gasteiger partial charge in [0, 0.05) is 11.8 Å². The minimum absolute atomic E-state index is 0.217. The largest absolute Gasteiger partial charge is 0.573 e. The number of carbonyl (C=O) groups excluding carboxylic acids is 2. The Morgan fingerprint density at radius 2 is 1.85 bits per heavy atom. The quantitative estimate of drug-likeness (QED) is 0.533. The second-order valence-electron chi connectivity index (χ2n) is 7.62. The first-order chi connectivity index (χ1) is 16.2. The van der Waals surface area contributed by atoms with Crippen molar-refractivity contribution in [3.63, 3.8) is 0 Å². The van der Waals surface area contributed by atoms with E-state index in [1.165, 1.54) is 29.2 Å². The van der Waals surface area contributed by atoms with Crippen molar-refractivity contribution in [2.75, 3.05) is 16.8 Å². The summed E-state index contributed by atoms with van der Waals surface area (Å²) in [6.07, 6.45) is -2.68. The standard InChI is InChI=1S/C24H21F3N4O3/c1-2-19(16-8-10-18(11-9-16)34-24(25,26)27)30-23(33)31-14-21(32)29-20-12-17(13-28-22(20)31)15-6-4-3-5-7-15/h3-13,19H,2,14H2,1H3,(H,29,32)(H,30,33). The SMILES string of the molecule is CCC(NC(=O)N1CC(=O)Nc2cc(-c3ccccc3)cnc21)c1ccc(OC(F)(F)F)cc1. The molecule has 10 heteroatoms. The first kappa shape index (κ1) is 23.1. The van der Waals surface area contributed by atoms with Crippen LogP contribution in [-0.2, 0) is 4.79 Å². The van der Waals surface area contributed by atoms with Crippen LogP contribution in [0.15, 0.2) is 66.9 Å². The number of nitrogens with one attached hydrogen (secondary N) is 2. The van der Waals surface area contributed by atoms with Gasteiger partial charge in [0.2, 0.25) is 5.91 Å². The maximum atomic E-state index is 13.1. The molecule has 2 heterocycles. The molecule has 34 heavy (non-hydrogen) atoms. The molecule has 0 radical (unpaired) electrons. The average molecular weight is 470 g/mol. The Kier molecular flexibility index (Phi) is 6.40. The van der Waals surface area contributed by atoms with Crippen molar-refractivity contribution in [3.05, 3.63) is 72.4 Å². The summed E-state index contributed by atoms with van der Waals surface area (Å²) in [7, 11) is 0. The summed E-state index contributed by atoms with van der Waals surface area (Å²) in [5.41, 5.74) is 2.71. The topological polar surface area (TPSA) is 83.6 Å². The fourth-order valence-corrected chi connectivity index (χ4v) is 3.68. The fourth-order valence-electron chi connectivity index (χ4n) is 3.68. The fraction of sp³-hybridized carbons (Fsp3) is 0.208. The number of amides is 3. The van der Waals surface area contributed by atoms with Crippen LogP contribution in [0.1, 0.15) is 24.9 Å². The third-order valence-electron chi connectivity index (χ3n) is 5.27. The van der Waals surface area contributed by atoms with E-state index in [1.807, 2.05) is 37.3 Å². The third kappa shape index (κ3) is 5.28. The van der Waals surface area contributed by atoms with E-state index in [-0.39, 0.29) is 18.2 Å². The summed E-state index contributed by atoms with van der Waals surface area (Å²) in [5, 5.41) is 5.58. The molecule has 0 spiro atoms. The second-order valence-corrected chi connectivity index (χ2v) is 7.62. The normalized spacial score (nSPS) is 14.1. The Hall–Kier alpha value is -4.08. The highest BCUT2D eigenvalue weighted by Crippen LogP contribution is 2.32. The number of hydrogen-bond acceptors (Lipinski definition) is 4. The number of rotatable bonds is 5. The maximum Gasteiger partial charge on any atom is 0.573 e. The molecule has 7 nitrogen and oxygen atoms in total. The predicted octanol–water partition coefficient (Wildman–Crippen LogP) is 5.27. The van der Waals surface area contributed by atoms with Crippen LogP contribution in [0.25, 0.3) is 11.1 Å². The van der Waals surface area contributed by atoms with Crippen LogP contribution < -0.4 is 20.3 Å². The number of nitrogens with zero attached hydrogens (tertiary/aromatic N) is 2. The Bertz CT molecular complexity index is 1180. The molecule has 2 N–H and O–H groups in total. The predicted molar refractivity (Wildman–Crippen MR) is 120 cm³/mol. The summed E-state index contributed by atoms with van der Waals surface area (Å²) >= 11 is 0. The molecule has 3 amide bonds. The van der Waals surface area contributed by atoms with Gasteiger partial charge in [-0.1, -0.05) is 49.4 Å². The molecule has 0 saturated carbocycles. The first-order valence-corrected chi connectivity index (χ1v) is 10.5. The van der Waals surface area contributed by atoms with Gasteiger partial charge in [-0.3, -0.25) is 9.69 Å². The van der Waals surface area contributed by atoms with Crippen molar-refractivity contribution in [3.8, 4) is 16.9 Å². The summed E-state index contributed by atoms with van der Waals surface area (Å²) in [4.78, 5) is 31.0. The van der Waals surface area contributed by atoms with Crippen LogP contribution in [0.5, 0.6) is 5.75 Å². The summed E-state index contributed by atoms with van der Waals surface area (Å²) in [6.45, 7) is 1.61. The monoisotopic (exact) mass is 470 g/mol. The van der Waals surface area contributed by atoms with Gasteiger partial charge in [-0.15, -0.1) is 13.2 Å². The highest BCUT2D eigenvalue weighted by molar-refractivity contribution is 6.09. The summed E-state index contributed by atoms with van der Waals surface area (Å²) in [5.74, 6) is -0.408. The zero-order valence-electron chi connectivity index (χ0n) is 18.1. The number of halogens is 3. The number of aromatic nitrogens is 1.